The molecule has 0 radical (unpaired) electrons. The molecule has 0 saturated carbocycles. The third-order valence-corrected chi connectivity index (χ3v) is 2.29. The van der Waals surface area contributed by atoms with E-state index in [9.17, 15) is 0 Å². The summed E-state index contributed by atoms with van der Waals surface area (Å²) in [5, 5.41) is 0. The summed E-state index contributed by atoms with van der Waals surface area (Å²) >= 11 is 0. The molecule has 1 heterocycles. The highest BCUT2D eigenvalue weighted by Crippen LogP contribution is 2.25. The number of aromatic nitrogens is 2. The van der Waals surface area contributed by atoms with Crippen molar-refractivity contribution in [2.45, 2.75) is 26.7 Å². The van der Waals surface area contributed by atoms with Gasteiger partial charge in [0.1, 0.15) is 0 Å². The molecule has 3 N–H and O–H groups in total. The Kier molecular flexibility index (Phi) is 3.19. The van der Waals surface area contributed by atoms with Gasteiger partial charge in [-0.25, -0.2) is 10.8 Å². The minimum atomic E-state index is 0.361. The quantitative estimate of drug-likeness (QED) is 0.547. The van der Waals surface area contributed by atoms with Crippen LogP contribution >= 0.6 is 0 Å². The number of hydrogen-bond donors (Lipinski definition) is 2. The van der Waals surface area contributed by atoms with Crippen molar-refractivity contribution in [2.24, 2.45) is 11.8 Å². The van der Waals surface area contributed by atoms with Crippen molar-refractivity contribution < 1.29 is 0 Å². The zero-order valence-corrected chi connectivity index (χ0v) is 8.28. The van der Waals surface area contributed by atoms with E-state index in [4.69, 9.17) is 5.84 Å². The average Bonchev–Trinajstić information content (AvgIpc) is 2.16. The molecule has 1 aromatic rings. The molecule has 0 aromatic carbocycles. The lowest BCUT2D eigenvalue weighted by atomic mass is 9.94. The molecule has 0 fully saturated rings. The normalized spacial score (nSPS) is 13.0. The SMILES string of the molecule is CC(C)C(C)c1nccnc1NN. The minimum Gasteiger partial charge on any atom is -0.307 e. The van der Waals surface area contributed by atoms with Crippen LogP contribution in [0.5, 0.6) is 0 Å². The molecule has 0 spiro atoms. The van der Waals surface area contributed by atoms with E-state index in [1.807, 2.05) is 0 Å². The molecular weight excluding hydrogens is 164 g/mol. The fraction of sp³-hybridized carbons (Fsp3) is 0.556. The summed E-state index contributed by atoms with van der Waals surface area (Å²) in [6.07, 6.45) is 3.32. The number of hydrazine groups is 1. The van der Waals surface area contributed by atoms with Crippen LogP contribution in [0.2, 0.25) is 0 Å². The van der Waals surface area contributed by atoms with E-state index in [2.05, 4.69) is 36.2 Å². The number of anilines is 1. The molecule has 0 aliphatic rings. The van der Waals surface area contributed by atoms with Gasteiger partial charge in [-0.3, -0.25) is 4.98 Å². The molecular formula is C9H16N4. The second-order valence-electron chi connectivity index (χ2n) is 3.47. The van der Waals surface area contributed by atoms with Crippen LogP contribution in [0, 0.1) is 5.92 Å². The van der Waals surface area contributed by atoms with Crippen LogP contribution in [0.4, 0.5) is 5.82 Å². The van der Waals surface area contributed by atoms with Crippen LogP contribution in [0.1, 0.15) is 32.4 Å². The van der Waals surface area contributed by atoms with Gasteiger partial charge < -0.3 is 5.43 Å². The molecule has 1 rings (SSSR count). The maximum Gasteiger partial charge on any atom is 0.162 e. The molecule has 1 aromatic heterocycles. The molecule has 72 valence electrons. The van der Waals surface area contributed by atoms with Gasteiger partial charge in [0.15, 0.2) is 5.82 Å². The van der Waals surface area contributed by atoms with Crippen molar-refractivity contribution in [1.82, 2.24) is 9.97 Å². The van der Waals surface area contributed by atoms with Crippen LogP contribution < -0.4 is 11.3 Å². The van der Waals surface area contributed by atoms with E-state index in [1.165, 1.54) is 0 Å². The summed E-state index contributed by atoms with van der Waals surface area (Å²) in [6, 6.07) is 0. The van der Waals surface area contributed by atoms with Crippen LogP contribution in [0.25, 0.3) is 0 Å². The van der Waals surface area contributed by atoms with Crippen molar-refractivity contribution in [1.29, 1.82) is 0 Å². The van der Waals surface area contributed by atoms with Crippen molar-refractivity contribution >= 4 is 5.82 Å². The van der Waals surface area contributed by atoms with Gasteiger partial charge in [0.05, 0.1) is 5.69 Å². The number of rotatable bonds is 3. The Bertz CT molecular complexity index is 272. The predicted molar refractivity (Wildman–Crippen MR) is 53.1 cm³/mol. The van der Waals surface area contributed by atoms with Crippen molar-refractivity contribution in [3.63, 3.8) is 0 Å². The van der Waals surface area contributed by atoms with E-state index in [0.29, 0.717) is 17.7 Å². The number of hydrogen-bond acceptors (Lipinski definition) is 4. The summed E-state index contributed by atoms with van der Waals surface area (Å²) in [5.74, 6) is 6.90. The van der Waals surface area contributed by atoms with E-state index in [1.54, 1.807) is 12.4 Å². The first-order valence-corrected chi connectivity index (χ1v) is 4.44. The van der Waals surface area contributed by atoms with Crippen molar-refractivity contribution in [3.8, 4) is 0 Å². The van der Waals surface area contributed by atoms with Gasteiger partial charge in [-0.15, -0.1) is 0 Å². The molecule has 0 aliphatic carbocycles. The largest absolute Gasteiger partial charge is 0.307 e. The van der Waals surface area contributed by atoms with Crippen LogP contribution in [-0.4, -0.2) is 9.97 Å². The number of nitrogens with two attached hydrogens (primary N) is 1. The van der Waals surface area contributed by atoms with Gasteiger partial charge in [0.25, 0.3) is 0 Å². The summed E-state index contributed by atoms with van der Waals surface area (Å²) < 4.78 is 0. The third-order valence-electron chi connectivity index (χ3n) is 2.29. The summed E-state index contributed by atoms with van der Waals surface area (Å²) in [5.41, 5.74) is 3.49. The first-order chi connectivity index (χ1) is 6.16. The fourth-order valence-electron chi connectivity index (χ4n) is 1.11. The Morgan fingerprint density at radius 2 is 1.85 bits per heavy atom. The zero-order chi connectivity index (χ0) is 9.84. The third kappa shape index (κ3) is 2.15. The Morgan fingerprint density at radius 3 is 2.38 bits per heavy atom. The summed E-state index contributed by atoms with van der Waals surface area (Å²) in [6.45, 7) is 6.43. The Hall–Kier alpha value is -1.16. The van der Waals surface area contributed by atoms with Crippen molar-refractivity contribution in [2.75, 3.05) is 5.43 Å². The topological polar surface area (TPSA) is 63.8 Å². The van der Waals surface area contributed by atoms with Gasteiger partial charge in [-0.1, -0.05) is 20.8 Å². The van der Waals surface area contributed by atoms with Crippen LogP contribution in [0.15, 0.2) is 12.4 Å². The number of nitrogens with one attached hydrogen (secondary N) is 1. The molecule has 4 heteroatoms. The highest BCUT2D eigenvalue weighted by molar-refractivity contribution is 5.39. The number of nitrogens with zero attached hydrogens (tertiary/aromatic N) is 2. The lowest BCUT2D eigenvalue weighted by Gasteiger charge is -2.16. The fourth-order valence-corrected chi connectivity index (χ4v) is 1.11. The van der Waals surface area contributed by atoms with Gasteiger partial charge in [0.2, 0.25) is 0 Å². The van der Waals surface area contributed by atoms with Crippen LogP contribution in [-0.2, 0) is 0 Å². The second-order valence-corrected chi connectivity index (χ2v) is 3.47. The van der Waals surface area contributed by atoms with Gasteiger partial charge in [0, 0.05) is 18.3 Å². The molecule has 0 aliphatic heterocycles. The average molecular weight is 180 g/mol. The first kappa shape index (κ1) is 9.92. The maximum absolute atomic E-state index is 5.34. The summed E-state index contributed by atoms with van der Waals surface area (Å²) in [4.78, 5) is 8.37. The Balaban J connectivity index is 2.98. The first-order valence-electron chi connectivity index (χ1n) is 4.44. The minimum absolute atomic E-state index is 0.361. The van der Waals surface area contributed by atoms with Crippen LogP contribution in [0.3, 0.4) is 0 Å². The molecule has 1 atom stereocenters. The van der Waals surface area contributed by atoms with E-state index in [0.717, 1.165) is 5.69 Å². The lowest BCUT2D eigenvalue weighted by Crippen LogP contribution is -2.15. The Labute approximate surface area is 78.6 Å². The molecule has 0 bridgehead atoms. The van der Waals surface area contributed by atoms with Gasteiger partial charge >= 0.3 is 0 Å². The predicted octanol–water partition coefficient (Wildman–Crippen LogP) is 1.52. The molecule has 4 nitrogen and oxygen atoms in total. The standard InChI is InChI=1S/C9H16N4/c1-6(2)7(3)8-9(13-10)12-5-4-11-8/h4-7H,10H2,1-3H3,(H,12,13). The van der Waals surface area contributed by atoms with E-state index < -0.39 is 0 Å². The lowest BCUT2D eigenvalue weighted by molar-refractivity contribution is 0.523. The molecule has 13 heavy (non-hydrogen) atoms. The molecule has 0 saturated heterocycles. The Morgan fingerprint density at radius 1 is 1.23 bits per heavy atom. The van der Waals surface area contributed by atoms with E-state index in [-0.39, 0.29) is 0 Å². The highest BCUT2D eigenvalue weighted by atomic mass is 15.3. The monoisotopic (exact) mass is 180 g/mol. The maximum atomic E-state index is 5.34. The van der Waals surface area contributed by atoms with E-state index >= 15 is 0 Å². The summed E-state index contributed by atoms with van der Waals surface area (Å²) in [7, 11) is 0. The van der Waals surface area contributed by atoms with Gasteiger partial charge in [-0.2, -0.15) is 0 Å². The zero-order valence-electron chi connectivity index (χ0n) is 8.28. The van der Waals surface area contributed by atoms with Gasteiger partial charge in [-0.05, 0) is 5.92 Å². The second kappa shape index (κ2) is 4.18. The number of nitrogen functional groups attached to an aromatic ring is 1. The van der Waals surface area contributed by atoms with Crippen molar-refractivity contribution in [3.05, 3.63) is 18.1 Å². The molecule has 0 amide bonds. The highest BCUT2D eigenvalue weighted by Gasteiger charge is 2.15. The smallest absolute Gasteiger partial charge is 0.162 e. The molecule has 1 unspecified atom stereocenters.